The zero-order chi connectivity index (χ0) is 23.6. The minimum atomic E-state index is -0.397. The number of fused-ring (bicyclic) bond motifs is 1. The highest BCUT2D eigenvalue weighted by Gasteiger charge is 2.27. The lowest BCUT2D eigenvalue weighted by Crippen LogP contribution is -2.15. The SMILES string of the molecule is Fc1[nH]nc2ccc(/C(=C(/c3ccccc3)C3CCC3)c3ccc(/C=C/C4=CN=NC4)cc3)cc12. The minimum Gasteiger partial charge on any atom is -0.252 e. The maximum atomic E-state index is 14.5. The van der Waals surface area contributed by atoms with Crippen LogP contribution in [0, 0.1) is 11.9 Å². The van der Waals surface area contributed by atoms with Crippen molar-refractivity contribution < 1.29 is 4.39 Å². The van der Waals surface area contributed by atoms with E-state index in [9.17, 15) is 4.39 Å². The molecule has 0 bridgehead atoms. The molecule has 0 spiro atoms. The van der Waals surface area contributed by atoms with Gasteiger partial charge in [0.2, 0.25) is 5.95 Å². The number of benzene rings is 3. The number of azo groups is 1. The third kappa shape index (κ3) is 4.26. The van der Waals surface area contributed by atoms with Crippen LogP contribution in [0.15, 0.2) is 101 Å². The summed E-state index contributed by atoms with van der Waals surface area (Å²) in [5.41, 5.74) is 8.70. The first-order valence-corrected chi connectivity index (χ1v) is 12.0. The Balaban J connectivity index is 1.50. The molecular formula is C30H25FN4. The molecule has 35 heavy (non-hydrogen) atoms. The molecule has 2 aliphatic rings. The van der Waals surface area contributed by atoms with E-state index in [4.69, 9.17) is 0 Å². The van der Waals surface area contributed by atoms with Crippen LogP contribution in [-0.2, 0) is 0 Å². The molecule has 6 rings (SSSR count). The molecule has 1 aromatic heterocycles. The normalized spacial score (nSPS) is 16.5. The smallest absolute Gasteiger partial charge is 0.216 e. The lowest BCUT2D eigenvalue weighted by atomic mass is 9.73. The van der Waals surface area contributed by atoms with Crippen molar-refractivity contribution in [1.29, 1.82) is 0 Å². The Morgan fingerprint density at radius 3 is 2.40 bits per heavy atom. The quantitative estimate of drug-likeness (QED) is 0.293. The second-order valence-corrected chi connectivity index (χ2v) is 9.13. The van der Waals surface area contributed by atoms with Crippen LogP contribution in [0.4, 0.5) is 4.39 Å². The second-order valence-electron chi connectivity index (χ2n) is 9.13. The summed E-state index contributed by atoms with van der Waals surface area (Å²) in [5.74, 6) is 0.0879. The number of hydrogen-bond acceptors (Lipinski definition) is 3. The number of nitrogens with zero attached hydrogens (tertiary/aromatic N) is 3. The first-order chi connectivity index (χ1) is 17.3. The van der Waals surface area contributed by atoms with E-state index >= 15 is 0 Å². The molecule has 1 N–H and O–H groups in total. The van der Waals surface area contributed by atoms with E-state index in [1.165, 1.54) is 30.4 Å². The molecule has 4 nitrogen and oxygen atoms in total. The molecule has 1 aliphatic heterocycles. The van der Waals surface area contributed by atoms with Crippen LogP contribution in [0.1, 0.15) is 41.5 Å². The van der Waals surface area contributed by atoms with Gasteiger partial charge in [-0.1, -0.05) is 79.2 Å². The van der Waals surface area contributed by atoms with Crippen molar-refractivity contribution in [2.24, 2.45) is 16.1 Å². The predicted molar refractivity (Wildman–Crippen MR) is 139 cm³/mol. The van der Waals surface area contributed by atoms with Gasteiger partial charge in [-0.05, 0) is 69.9 Å². The molecular weight excluding hydrogens is 435 g/mol. The summed E-state index contributed by atoms with van der Waals surface area (Å²) < 4.78 is 14.5. The summed E-state index contributed by atoms with van der Waals surface area (Å²) >= 11 is 0. The van der Waals surface area contributed by atoms with Crippen LogP contribution < -0.4 is 0 Å². The van der Waals surface area contributed by atoms with Crippen LogP contribution in [0.3, 0.4) is 0 Å². The molecule has 0 amide bonds. The molecule has 1 saturated carbocycles. The van der Waals surface area contributed by atoms with Gasteiger partial charge in [0.05, 0.1) is 23.6 Å². The third-order valence-electron chi connectivity index (χ3n) is 6.91. The van der Waals surface area contributed by atoms with Gasteiger partial charge < -0.3 is 0 Å². The van der Waals surface area contributed by atoms with Crippen LogP contribution in [-0.4, -0.2) is 16.7 Å². The Hall–Kier alpha value is -4.12. The van der Waals surface area contributed by atoms with Crippen molar-refractivity contribution in [2.75, 3.05) is 6.54 Å². The standard InChI is InChI=1S/C30H25FN4/c31-30-26-17-25(15-16-27(26)34-35-30)29(28(23-7-4-8-23)22-5-2-1-3-6-22)24-13-11-20(12-14-24)9-10-21-18-32-33-19-21/h1-3,5-6,9-18,23H,4,7-8,19H2,(H,34,35)/b10-9+,29-28-. The van der Waals surface area contributed by atoms with Crippen LogP contribution in [0.5, 0.6) is 0 Å². The van der Waals surface area contributed by atoms with Crippen molar-refractivity contribution in [1.82, 2.24) is 10.2 Å². The fourth-order valence-electron chi connectivity index (χ4n) is 4.85. The molecule has 172 valence electrons. The van der Waals surface area contributed by atoms with Crippen LogP contribution in [0.25, 0.3) is 28.1 Å². The first-order valence-electron chi connectivity index (χ1n) is 12.0. The van der Waals surface area contributed by atoms with Gasteiger partial charge in [-0.15, -0.1) is 0 Å². The van der Waals surface area contributed by atoms with E-state index in [-0.39, 0.29) is 0 Å². The molecule has 2 heterocycles. The number of hydrogen-bond donors (Lipinski definition) is 1. The number of nitrogens with one attached hydrogen (secondary N) is 1. The Kier molecular flexibility index (Phi) is 5.67. The highest BCUT2D eigenvalue weighted by atomic mass is 19.1. The number of rotatable bonds is 6. The van der Waals surface area contributed by atoms with Crippen molar-refractivity contribution in [3.63, 3.8) is 0 Å². The average molecular weight is 461 g/mol. The number of aromatic amines is 1. The van der Waals surface area contributed by atoms with E-state index < -0.39 is 5.95 Å². The molecule has 0 saturated heterocycles. The van der Waals surface area contributed by atoms with E-state index in [0.29, 0.717) is 23.4 Å². The molecule has 1 aliphatic carbocycles. The monoisotopic (exact) mass is 460 g/mol. The first kappa shape index (κ1) is 21.4. The van der Waals surface area contributed by atoms with Gasteiger partial charge in [0.15, 0.2) is 0 Å². The molecule has 0 unspecified atom stereocenters. The van der Waals surface area contributed by atoms with Crippen molar-refractivity contribution in [2.45, 2.75) is 19.3 Å². The molecule has 4 aromatic rings. The van der Waals surface area contributed by atoms with E-state index in [1.54, 1.807) is 6.20 Å². The highest BCUT2D eigenvalue weighted by Crippen LogP contribution is 2.45. The minimum absolute atomic E-state index is 0.397. The van der Waals surface area contributed by atoms with Crippen LogP contribution in [0.2, 0.25) is 0 Å². The number of H-pyrrole nitrogens is 1. The van der Waals surface area contributed by atoms with Crippen LogP contribution >= 0.6 is 0 Å². The molecule has 0 radical (unpaired) electrons. The van der Waals surface area contributed by atoms with E-state index in [1.807, 2.05) is 12.1 Å². The van der Waals surface area contributed by atoms with Crippen molar-refractivity contribution >= 4 is 28.1 Å². The number of allylic oxidation sites excluding steroid dienone is 1. The van der Waals surface area contributed by atoms with Crippen molar-refractivity contribution in [3.05, 3.63) is 119 Å². The van der Waals surface area contributed by atoms with Gasteiger partial charge in [-0.3, -0.25) is 5.10 Å². The van der Waals surface area contributed by atoms with Gasteiger partial charge in [-0.25, -0.2) is 0 Å². The third-order valence-corrected chi connectivity index (χ3v) is 6.91. The molecule has 3 aromatic carbocycles. The predicted octanol–water partition coefficient (Wildman–Crippen LogP) is 7.82. The lowest BCUT2D eigenvalue weighted by Gasteiger charge is -2.31. The Morgan fingerprint density at radius 1 is 0.886 bits per heavy atom. The summed E-state index contributed by atoms with van der Waals surface area (Å²) in [6.45, 7) is 0.635. The fraction of sp³-hybridized carbons (Fsp3) is 0.167. The Morgan fingerprint density at radius 2 is 1.69 bits per heavy atom. The highest BCUT2D eigenvalue weighted by molar-refractivity contribution is 6.01. The van der Waals surface area contributed by atoms with Crippen molar-refractivity contribution in [3.8, 4) is 0 Å². The van der Waals surface area contributed by atoms with Gasteiger partial charge in [0.25, 0.3) is 0 Å². The van der Waals surface area contributed by atoms with E-state index in [0.717, 1.165) is 27.8 Å². The maximum absolute atomic E-state index is 14.5. The summed E-state index contributed by atoms with van der Waals surface area (Å²) in [6.07, 6.45) is 9.52. The summed E-state index contributed by atoms with van der Waals surface area (Å²) in [4.78, 5) is 0. The number of halogens is 1. The largest absolute Gasteiger partial charge is 0.252 e. The molecule has 1 fully saturated rings. The molecule has 0 atom stereocenters. The zero-order valence-corrected chi connectivity index (χ0v) is 19.3. The lowest BCUT2D eigenvalue weighted by molar-refractivity contribution is 0.401. The Labute approximate surface area is 203 Å². The van der Waals surface area contributed by atoms with Gasteiger partial charge in [0, 0.05) is 0 Å². The second kappa shape index (κ2) is 9.26. The maximum Gasteiger partial charge on any atom is 0.216 e. The summed E-state index contributed by atoms with van der Waals surface area (Å²) in [6, 6.07) is 25.1. The van der Waals surface area contributed by atoms with Gasteiger partial charge in [0.1, 0.15) is 0 Å². The topological polar surface area (TPSA) is 53.4 Å². The van der Waals surface area contributed by atoms with Gasteiger partial charge >= 0.3 is 0 Å². The Bertz CT molecular complexity index is 1490. The fourth-order valence-corrected chi connectivity index (χ4v) is 4.85. The summed E-state index contributed by atoms with van der Waals surface area (Å²) in [7, 11) is 0. The van der Waals surface area contributed by atoms with E-state index in [2.05, 4.69) is 93.2 Å². The zero-order valence-electron chi connectivity index (χ0n) is 19.3. The molecule has 5 heteroatoms. The number of aromatic nitrogens is 2. The average Bonchev–Trinajstić information content (AvgIpc) is 3.52. The summed E-state index contributed by atoms with van der Waals surface area (Å²) in [5, 5.41) is 15.0. The van der Waals surface area contributed by atoms with Gasteiger partial charge in [-0.2, -0.15) is 19.7 Å².